The summed E-state index contributed by atoms with van der Waals surface area (Å²) in [5.74, 6) is 0.707. The molecule has 1 aromatic heterocycles. The number of hydrazone groups is 1. The number of aromatic hydroxyl groups is 1. The third-order valence-electron chi connectivity index (χ3n) is 2.56. The fourth-order valence-electron chi connectivity index (χ4n) is 1.45. The SMILES string of the molecule is CC(=NNc1ncc(Br)cn1)c1ccc(O)c(C)c1. The van der Waals surface area contributed by atoms with Gasteiger partial charge in [0.2, 0.25) is 5.95 Å². The first-order chi connectivity index (χ1) is 9.06. The average molecular weight is 321 g/mol. The van der Waals surface area contributed by atoms with Crippen molar-refractivity contribution in [1.29, 1.82) is 0 Å². The molecule has 0 saturated carbocycles. The zero-order chi connectivity index (χ0) is 13.8. The van der Waals surface area contributed by atoms with E-state index in [0.717, 1.165) is 21.3 Å². The lowest BCUT2D eigenvalue weighted by molar-refractivity contribution is 0.471. The standard InChI is InChI=1S/C13H13BrN4O/c1-8-5-10(3-4-12(8)19)9(2)17-18-13-15-6-11(14)7-16-13/h3-7,19H,1-2H3,(H,15,16,18). The number of aromatic nitrogens is 2. The molecule has 0 bridgehead atoms. The third kappa shape index (κ3) is 3.51. The molecule has 2 N–H and O–H groups in total. The molecule has 0 radical (unpaired) electrons. The molecule has 1 heterocycles. The molecule has 2 aromatic rings. The maximum atomic E-state index is 9.48. The second kappa shape index (κ2) is 5.79. The number of hydrogen-bond donors (Lipinski definition) is 2. The molecule has 0 aliphatic heterocycles. The molecule has 0 unspecified atom stereocenters. The monoisotopic (exact) mass is 320 g/mol. The van der Waals surface area contributed by atoms with E-state index in [0.29, 0.717) is 5.95 Å². The highest BCUT2D eigenvalue weighted by Crippen LogP contribution is 2.17. The summed E-state index contributed by atoms with van der Waals surface area (Å²) in [7, 11) is 0. The largest absolute Gasteiger partial charge is 0.508 e. The smallest absolute Gasteiger partial charge is 0.243 e. The van der Waals surface area contributed by atoms with Crippen LogP contribution in [0.5, 0.6) is 5.75 Å². The summed E-state index contributed by atoms with van der Waals surface area (Å²) in [5, 5.41) is 13.7. The Morgan fingerprint density at radius 1 is 1.32 bits per heavy atom. The highest BCUT2D eigenvalue weighted by atomic mass is 79.9. The summed E-state index contributed by atoms with van der Waals surface area (Å²) in [6.45, 7) is 3.72. The summed E-state index contributed by atoms with van der Waals surface area (Å²) in [6.07, 6.45) is 3.29. The Kier molecular flexibility index (Phi) is 4.11. The summed E-state index contributed by atoms with van der Waals surface area (Å²) >= 11 is 3.26. The van der Waals surface area contributed by atoms with Crippen molar-refractivity contribution in [1.82, 2.24) is 9.97 Å². The van der Waals surface area contributed by atoms with Gasteiger partial charge in [0, 0.05) is 12.4 Å². The van der Waals surface area contributed by atoms with Crippen LogP contribution in [0, 0.1) is 6.92 Å². The summed E-state index contributed by atoms with van der Waals surface area (Å²) < 4.78 is 0.813. The minimum absolute atomic E-state index is 0.278. The van der Waals surface area contributed by atoms with E-state index in [2.05, 4.69) is 36.4 Å². The van der Waals surface area contributed by atoms with Gasteiger partial charge in [-0.3, -0.25) is 0 Å². The van der Waals surface area contributed by atoms with E-state index in [1.54, 1.807) is 18.5 Å². The first kappa shape index (κ1) is 13.5. The molecule has 6 heteroatoms. The van der Waals surface area contributed by atoms with E-state index >= 15 is 0 Å². The van der Waals surface area contributed by atoms with Gasteiger partial charge in [0.1, 0.15) is 5.75 Å². The van der Waals surface area contributed by atoms with Crippen LogP contribution in [-0.4, -0.2) is 20.8 Å². The Balaban J connectivity index is 2.14. The minimum Gasteiger partial charge on any atom is -0.508 e. The topological polar surface area (TPSA) is 70.4 Å². The Morgan fingerprint density at radius 2 is 2.00 bits per heavy atom. The van der Waals surface area contributed by atoms with E-state index in [4.69, 9.17) is 0 Å². The second-order valence-corrected chi connectivity index (χ2v) is 4.95. The number of hydrogen-bond acceptors (Lipinski definition) is 5. The minimum atomic E-state index is 0.278. The number of nitrogens with zero attached hydrogens (tertiary/aromatic N) is 3. The second-order valence-electron chi connectivity index (χ2n) is 4.04. The molecule has 1 aromatic carbocycles. The number of halogens is 1. The van der Waals surface area contributed by atoms with Crippen LogP contribution in [0.4, 0.5) is 5.95 Å². The van der Waals surface area contributed by atoms with Gasteiger partial charge in [-0.2, -0.15) is 5.10 Å². The van der Waals surface area contributed by atoms with Gasteiger partial charge < -0.3 is 5.11 Å². The third-order valence-corrected chi connectivity index (χ3v) is 2.97. The maximum Gasteiger partial charge on any atom is 0.243 e. The molecule has 0 aliphatic carbocycles. The van der Waals surface area contributed by atoms with Crippen LogP contribution >= 0.6 is 15.9 Å². The molecule has 19 heavy (non-hydrogen) atoms. The van der Waals surface area contributed by atoms with Crippen LogP contribution in [0.15, 0.2) is 40.2 Å². The van der Waals surface area contributed by atoms with Gasteiger partial charge in [-0.05, 0) is 59.1 Å². The number of aryl methyl sites for hydroxylation is 1. The predicted molar refractivity (Wildman–Crippen MR) is 78.4 cm³/mol. The van der Waals surface area contributed by atoms with E-state index in [1.807, 2.05) is 26.0 Å². The Hall–Kier alpha value is -1.95. The normalized spacial score (nSPS) is 11.4. The lowest BCUT2D eigenvalue weighted by Crippen LogP contribution is -2.02. The van der Waals surface area contributed by atoms with Gasteiger partial charge in [0.05, 0.1) is 10.2 Å². The van der Waals surface area contributed by atoms with Gasteiger partial charge in [-0.1, -0.05) is 0 Å². The van der Waals surface area contributed by atoms with Crippen LogP contribution in [-0.2, 0) is 0 Å². The van der Waals surface area contributed by atoms with Crippen molar-refractivity contribution in [2.75, 3.05) is 5.43 Å². The lowest BCUT2D eigenvalue weighted by atomic mass is 10.1. The quantitative estimate of drug-likeness (QED) is 0.673. The van der Waals surface area contributed by atoms with E-state index in [-0.39, 0.29) is 5.75 Å². The number of benzene rings is 1. The van der Waals surface area contributed by atoms with Crippen molar-refractivity contribution in [2.24, 2.45) is 5.10 Å². The van der Waals surface area contributed by atoms with Crippen LogP contribution in [0.3, 0.4) is 0 Å². The zero-order valence-electron chi connectivity index (χ0n) is 10.6. The molecular formula is C13H13BrN4O. The number of rotatable bonds is 3. The summed E-state index contributed by atoms with van der Waals surface area (Å²) in [6, 6.07) is 5.34. The van der Waals surface area contributed by atoms with Crippen molar-refractivity contribution in [3.63, 3.8) is 0 Å². The zero-order valence-corrected chi connectivity index (χ0v) is 12.1. The first-order valence-electron chi connectivity index (χ1n) is 5.64. The van der Waals surface area contributed by atoms with Gasteiger partial charge in [-0.15, -0.1) is 0 Å². The van der Waals surface area contributed by atoms with Crippen molar-refractivity contribution >= 4 is 27.6 Å². The van der Waals surface area contributed by atoms with Crippen LogP contribution in [0.2, 0.25) is 0 Å². The molecule has 0 spiro atoms. The highest BCUT2D eigenvalue weighted by molar-refractivity contribution is 9.10. The van der Waals surface area contributed by atoms with Crippen LogP contribution in [0.25, 0.3) is 0 Å². The number of phenolic OH excluding ortho intramolecular Hbond substituents is 1. The average Bonchev–Trinajstić information content (AvgIpc) is 2.41. The Morgan fingerprint density at radius 3 is 2.63 bits per heavy atom. The fourth-order valence-corrected chi connectivity index (χ4v) is 1.65. The first-order valence-corrected chi connectivity index (χ1v) is 6.43. The van der Waals surface area contributed by atoms with Gasteiger partial charge in [-0.25, -0.2) is 15.4 Å². The van der Waals surface area contributed by atoms with E-state index < -0.39 is 0 Å². The maximum absolute atomic E-state index is 9.48. The molecule has 0 aliphatic rings. The van der Waals surface area contributed by atoms with Crippen molar-refractivity contribution in [3.05, 3.63) is 46.2 Å². The van der Waals surface area contributed by atoms with Crippen molar-refractivity contribution < 1.29 is 5.11 Å². The molecule has 98 valence electrons. The highest BCUT2D eigenvalue weighted by Gasteiger charge is 2.02. The Labute approximate surface area is 119 Å². The Bertz CT molecular complexity index is 611. The predicted octanol–water partition coefficient (Wildman–Crippen LogP) is 3.09. The lowest BCUT2D eigenvalue weighted by Gasteiger charge is -2.04. The van der Waals surface area contributed by atoms with Crippen LogP contribution in [0.1, 0.15) is 18.1 Å². The van der Waals surface area contributed by atoms with Crippen molar-refractivity contribution in [3.8, 4) is 5.75 Å². The summed E-state index contributed by atoms with van der Waals surface area (Å²) in [5.41, 5.74) is 5.32. The molecule has 2 rings (SSSR count). The fraction of sp³-hybridized carbons (Fsp3) is 0.154. The number of phenols is 1. The number of nitrogens with one attached hydrogen (secondary N) is 1. The molecule has 0 fully saturated rings. The van der Waals surface area contributed by atoms with Crippen molar-refractivity contribution in [2.45, 2.75) is 13.8 Å². The molecular weight excluding hydrogens is 308 g/mol. The van der Waals surface area contributed by atoms with E-state index in [1.165, 1.54) is 0 Å². The summed E-state index contributed by atoms with van der Waals surface area (Å²) in [4.78, 5) is 8.12. The van der Waals surface area contributed by atoms with Crippen LogP contribution < -0.4 is 5.43 Å². The van der Waals surface area contributed by atoms with Gasteiger partial charge in [0.15, 0.2) is 0 Å². The molecule has 0 amide bonds. The van der Waals surface area contributed by atoms with E-state index in [9.17, 15) is 5.11 Å². The van der Waals surface area contributed by atoms with Gasteiger partial charge in [0.25, 0.3) is 0 Å². The van der Waals surface area contributed by atoms with Gasteiger partial charge >= 0.3 is 0 Å². The molecule has 5 nitrogen and oxygen atoms in total. The number of anilines is 1. The molecule has 0 atom stereocenters. The molecule has 0 saturated heterocycles.